The highest BCUT2D eigenvalue weighted by molar-refractivity contribution is 6.40. The van der Waals surface area contributed by atoms with Gasteiger partial charge in [0.25, 0.3) is 5.78 Å². The second-order valence-electron chi connectivity index (χ2n) is 3.01. The molecular formula is C9H4Cl2F4O. The van der Waals surface area contributed by atoms with Crippen LogP contribution in [0.25, 0.3) is 0 Å². The summed E-state index contributed by atoms with van der Waals surface area (Å²) in [7, 11) is 0. The van der Waals surface area contributed by atoms with Crippen LogP contribution in [0.1, 0.15) is 15.9 Å². The van der Waals surface area contributed by atoms with E-state index in [-0.39, 0.29) is 5.56 Å². The second kappa shape index (κ2) is 4.22. The minimum atomic E-state index is -5.14. The van der Waals surface area contributed by atoms with Crippen molar-refractivity contribution in [3.63, 3.8) is 0 Å². The van der Waals surface area contributed by atoms with Gasteiger partial charge in [-0.1, -0.05) is 23.2 Å². The molecule has 1 nitrogen and oxygen atoms in total. The Morgan fingerprint density at radius 1 is 1.31 bits per heavy atom. The predicted molar refractivity (Wildman–Crippen MR) is 51.5 cm³/mol. The molecule has 0 unspecified atom stereocenters. The number of aryl methyl sites for hydroxylation is 1. The molecule has 16 heavy (non-hydrogen) atoms. The summed E-state index contributed by atoms with van der Waals surface area (Å²) >= 11 is 10.8. The molecule has 1 rings (SSSR count). The Morgan fingerprint density at radius 2 is 1.81 bits per heavy atom. The summed E-state index contributed by atoms with van der Waals surface area (Å²) in [6, 6.07) is 0.918. The van der Waals surface area contributed by atoms with Crippen LogP contribution in [0.3, 0.4) is 0 Å². The smallest absolute Gasteiger partial charge is 0.284 e. The highest BCUT2D eigenvalue weighted by Gasteiger charge is 2.42. The summed E-state index contributed by atoms with van der Waals surface area (Å²) < 4.78 is 49.6. The van der Waals surface area contributed by atoms with E-state index in [1.807, 2.05) is 0 Å². The fourth-order valence-corrected chi connectivity index (χ4v) is 1.79. The summed E-state index contributed by atoms with van der Waals surface area (Å²) in [6.07, 6.45) is -5.14. The van der Waals surface area contributed by atoms with Gasteiger partial charge in [-0.25, -0.2) is 4.39 Å². The van der Waals surface area contributed by atoms with E-state index >= 15 is 0 Å². The van der Waals surface area contributed by atoms with Crippen molar-refractivity contribution >= 4 is 29.0 Å². The van der Waals surface area contributed by atoms with Gasteiger partial charge in [-0.2, -0.15) is 13.2 Å². The number of hydrogen-bond acceptors (Lipinski definition) is 1. The first kappa shape index (κ1) is 13.3. The van der Waals surface area contributed by atoms with Gasteiger partial charge < -0.3 is 0 Å². The van der Waals surface area contributed by atoms with Crippen LogP contribution in [0.5, 0.6) is 0 Å². The first-order valence-corrected chi connectivity index (χ1v) is 4.67. The summed E-state index contributed by atoms with van der Waals surface area (Å²) in [6.45, 7) is 1.27. The maximum absolute atomic E-state index is 13.2. The average Bonchev–Trinajstić information content (AvgIpc) is 2.13. The fraction of sp³-hybridized carbons (Fsp3) is 0.222. The Kier molecular flexibility index (Phi) is 3.50. The fourth-order valence-electron chi connectivity index (χ4n) is 1.06. The molecule has 0 bridgehead atoms. The molecule has 0 heterocycles. The maximum Gasteiger partial charge on any atom is 0.454 e. The maximum atomic E-state index is 13.2. The minimum absolute atomic E-state index is 0.0336. The van der Waals surface area contributed by atoms with Gasteiger partial charge in [0, 0.05) is 0 Å². The van der Waals surface area contributed by atoms with Gasteiger partial charge in [0.15, 0.2) is 0 Å². The molecule has 1 aromatic carbocycles. The zero-order valence-corrected chi connectivity index (χ0v) is 9.27. The van der Waals surface area contributed by atoms with Gasteiger partial charge in [-0.15, -0.1) is 0 Å². The van der Waals surface area contributed by atoms with E-state index in [0.29, 0.717) is 0 Å². The lowest BCUT2D eigenvalue weighted by Crippen LogP contribution is -2.24. The molecule has 1 aromatic rings. The molecule has 0 aliphatic carbocycles. The molecule has 88 valence electrons. The van der Waals surface area contributed by atoms with Crippen molar-refractivity contribution in [3.8, 4) is 0 Å². The molecule has 0 radical (unpaired) electrons. The predicted octanol–water partition coefficient (Wildman–Crippen LogP) is 4.19. The van der Waals surface area contributed by atoms with E-state index in [0.717, 1.165) is 6.07 Å². The number of alkyl halides is 3. The van der Waals surface area contributed by atoms with Gasteiger partial charge in [-0.3, -0.25) is 4.79 Å². The van der Waals surface area contributed by atoms with E-state index < -0.39 is 33.4 Å². The number of ketones is 1. The zero-order chi connectivity index (χ0) is 12.7. The van der Waals surface area contributed by atoms with Crippen molar-refractivity contribution < 1.29 is 22.4 Å². The monoisotopic (exact) mass is 274 g/mol. The van der Waals surface area contributed by atoms with Gasteiger partial charge in [0.1, 0.15) is 5.82 Å². The number of carbonyl (C=O) groups is 1. The molecular weight excluding hydrogens is 271 g/mol. The normalized spacial score (nSPS) is 11.7. The number of carbonyl (C=O) groups excluding carboxylic acids is 1. The van der Waals surface area contributed by atoms with Crippen molar-refractivity contribution in [1.82, 2.24) is 0 Å². The van der Waals surface area contributed by atoms with Crippen LogP contribution in [0.4, 0.5) is 17.6 Å². The number of halogens is 6. The number of hydrogen-bond donors (Lipinski definition) is 0. The SMILES string of the molecule is Cc1cc(Cl)c(C(=O)C(F)(F)F)c(Cl)c1F. The van der Waals surface area contributed by atoms with Gasteiger partial charge in [0.05, 0.1) is 15.6 Å². The Morgan fingerprint density at radius 3 is 2.25 bits per heavy atom. The average molecular weight is 275 g/mol. The first-order chi connectivity index (χ1) is 7.16. The molecule has 0 fully saturated rings. The molecule has 0 aliphatic rings. The van der Waals surface area contributed by atoms with Crippen LogP contribution >= 0.6 is 23.2 Å². The van der Waals surface area contributed by atoms with E-state index in [2.05, 4.69) is 0 Å². The number of benzene rings is 1. The summed E-state index contributed by atoms with van der Waals surface area (Å²) in [5.41, 5.74) is -1.09. The Hall–Kier alpha value is -0.810. The zero-order valence-electron chi connectivity index (χ0n) is 7.75. The molecule has 0 spiro atoms. The van der Waals surface area contributed by atoms with Gasteiger partial charge >= 0.3 is 6.18 Å². The summed E-state index contributed by atoms with van der Waals surface area (Å²) in [5, 5.41) is -1.43. The lowest BCUT2D eigenvalue weighted by atomic mass is 10.1. The van der Waals surface area contributed by atoms with E-state index in [1.165, 1.54) is 6.92 Å². The van der Waals surface area contributed by atoms with Crippen LogP contribution in [0.15, 0.2) is 6.07 Å². The van der Waals surface area contributed by atoms with Crippen molar-refractivity contribution in [2.75, 3.05) is 0 Å². The quantitative estimate of drug-likeness (QED) is 0.426. The molecule has 0 atom stereocenters. The molecule has 0 saturated carbocycles. The topological polar surface area (TPSA) is 17.1 Å². The molecule has 0 aliphatic heterocycles. The molecule has 0 N–H and O–H groups in total. The van der Waals surface area contributed by atoms with Crippen molar-refractivity contribution in [3.05, 3.63) is 33.1 Å². The number of rotatable bonds is 1. The molecule has 0 amide bonds. The molecule has 0 saturated heterocycles. The third kappa shape index (κ3) is 2.30. The number of Topliss-reactive ketones (excluding diaryl/α,β-unsaturated/α-hetero) is 1. The lowest BCUT2D eigenvalue weighted by Gasteiger charge is -2.10. The highest BCUT2D eigenvalue weighted by atomic mass is 35.5. The Labute approximate surface area is 98.0 Å². The van der Waals surface area contributed by atoms with Crippen molar-refractivity contribution in [1.29, 1.82) is 0 Å². The first-order valence-electron chi connectivity index (χ1n) is 3.92. The highest BCUT2D eigenvalue weighted by Crippen LogP contribution is 2.34. The van der Waals surface area contributed by atoms with E-state index in [1.54, 1.807) is 0 Å². The van der Waals surface area contributed by atoms with Crippen molar-refractivity contribution in [2.24, 2.45) is 0 Å². The summed E-state index contributed by atoms with van der Waals surface area (Å²) in [4.78, 5) is 10.9. The third-order valence-corrected chi connectivity index (χ3v) is 2.48. The minimum Gasteiger partial charge on any atom is -0.284 e. The summed E-state index contributed by atoms with van der Waals surface area (Å²) in [5.74, 6) is -3.35. The van der Waals surface area contributed by atoms with E-state index in [4.69, 9.17) is 23.2 Å². The largest absolute Gasteiger partial charge is 0.454 e. The van der Waals surface area contributed by atoms with Crippen molar-refractivity contribution in [2.45, 2.75) is 13.1 Å². The standard InChI is InChI=1S/C9H4Cl2F4O/c1-3-2-4(10)5(6(11)7(3)12)8(16)9(13,14)15/h2H,1H3. The second-order valence-corrected chi connectivity index (χ2v) is 3.79. The molecule has 7 heteroatoms. The third-order valence-electron chi connectivity index (χ3n) is 1.82. The van der Waals surface area contributed by atoms with Gasteiger partial charge in [0.2, 0.25) is 0 Å². The van der Waals surface area contributed by atoms with Crippen LogP contribution in [-0.4, -0.2) is 12.0 Å². The van der Waals surface area contributed by atoms with Gasteiger partial charge in [-0.05, 0) is 18.6 Å². The Balaban J connectivity index is 3.47. The van der Waals surface area contributed by atoms with Crippen LogP contribution in [0.2, 0.25) is 10.0 Å². The van der Waals surface area contributed by atoms with Crippen LogP contribution < -0.4 is 0 Å². The lowest BCUT2D eigenvalue weighted by molar-refractivity contribution is -0.0885. The Bertz CT molecular complexity index is 454. The van der Waals surface area contributed by atoms with Crippen LogP contribution in [-0.2, 0) is 0 Å². The van der Waals surface area contributed by atoms with Crippen LogP contribution in [0, 0.1) is 12.7 Å². The molecule has 0 aromatic heterocycles. The van der Waals surface area contributed by atoms with E-state index in [9.17, 15) is 22.4 Å².